The van der Waals surface area contributed by atoms with E-state index in [1.165, 1.54) is 7.11 Å². The molecule has 0 aromatic carbocycles. The molecule has 1 fully saturated rings. The van der Waals surface area contributed by atoms with Gasteiger partial charge in [-0.1, -0.05) is 17.7 Å². The second-order valence-electron chi connectivity index (χ2n) is 4.15. The predicted octanol–water partition coefficient (Wildman–Crippen LogP) is 2.65. The maximum absolute atomic E-state index is 11.7. The summed E-state index contributed by atoms with van der Waals surface area (Å²) in [6.45, 7) is 0. The topological polar surface area (TPSA) is 43.6 Å². The van der Waals surface area contributed by atoms with E-state index in [-0.39, 0.29) is 0 Å². The Morgan fingerprint density at radius 3 is 2.94 bits per heavy atom. The number of carbonyl (C=O) groups is 1. The summed E-state index contributed by atoms with van der Waals surface area (Å²) in [5.74, 6) is 0.864. The molecule has 0 aliphatic heterocycles. The molecule has 4 nitrogen and oxygen atoms in total. The molecule has 0 amide bonds. The van der Waals surface area contributed by atoms with E-state index in [1.807, 2.05) is 16.5 Å². The molecule has 0 atom stereocenters. The highest BCUT2D eigenvalue weighted by molar-refractivity contribution is 6.30. The molecule has 88 valence electrons. The number of aromatic nitrogens is 2. The van der Waals surface area contributed by atoms with Gasteiger partial charge in [-0.25, -0.2) is 9.78 Å². The average molecular weight is 251 g/mol. The van der Waals surface area contributed by atoms with Crippen LogP contribution in [0.4, 0.5) is 0 Å². The molecular formula is C12H11ClN2O2. The molecule has 5 heteroatoms. The van der Waals surface area contributed by atoms with Crippen LogP contribution in [0.1, 0.15) is 35.1 Å². The lowest BCUT2D eigenvalue weighted by molar-refractivity contribution is 0.0597. The van der Waals surface area contributed by atoms with Crippen LogP contribution in [0.3, 0.4) is 0 Å². The molecule has 0 N–H and O–H groups in total. The number of methoxy groups -OCH3 is 1. The molecule has 0 saturated heterocycles. The predicted molar refractivity (Wildman–Crippen MR) is 63.5 cm³/mol. The maximum Gasteiger partial charge on any atom is 0.358 e. The first-order valence-corrected chi connectivity index (χ1v) is 5.85. The highest BCUT2D eigenvalue weighted by Gasteiger charge is 2.31. The Hall–Kier alpha value is -1.55. The van der Waals surface area contributed by atoms with E-state index in [4.69, 9.17) is 16.3 Å². The first kappa shape index (κ1) is 10.6. The number of pyridine rings is 1. The van der Waals surface area contributed by atoms with Gasteiger partial charge in [0, 0.05) is 5.92 Å². The van der Waals surface area contributed by atoms with Gasteiger partial charge in [-0.3, -0.25) is 4.40 Å². The normalized spacial score (nSPS) is 15.2. The highest BCUT2D eigenvalue weighted by atomic mass is 35.5. The van der Waals surface area contributed by atoms with Crippen LogP contribution in [0.5, 0.6) is 0 Å². The van der Waals surface area contributed by atoms with Gasteiger partial charge in [-0.2, -0.15) is 0 Å². The number of carbonyl (C=O) groups excluding carboxylic acids is 1. The fraction of sp³-hybridized carbons (Fsp3) is 0.333. The van der Waals surface area contributed by atoms with Crippen LogP contribution in [0.15, 0.2) is 18.2 Å². The molecule has 3 rings (SSSR count). The summed E-state index contributed by atoms with van der Waals surface area (Å²) in [7, 11) is 1.36. The van der Waals surface area contributed by atoms with E-state index in [2.05, 4.69) is 4.98 Å². The quantitative estimate of drug-likeness (QED) is 0.608. The van der Waals surface area contributed by atoms with Gasteiger partial charge in [0.1, 0.15) is 11.0 Å². The van der Waals surface area contributed by atoms with E-state index in [1.54, 1.807) is 6.07 Å². The number of hydrogen-bond donors (Lipinski definition) is 0. The van der Waals surface area contributed by atoms with Gasteiger partial charge in [-0.05, 0) is 25.0 Å². The molecule has 17 heavy (non-hydrogen) atoms. The second-order valence-corrected chi connectivity index (χ2v) is 4.54. The van der Waals surface area contributed by atoms with Crippen molar-refractivity contribution < 1.29 is 9.53 Å². The molecule has 1 aliphatic carbocycles. The van der Waals surface area contributed by atoms with E-state index in [0.717, 1.165) is 18.7 Å². The Labute approximate surface area is 103 Å². The number of fused-ring (bicyclic) bond motifs is 1. The Morgan fingerprint density at radius 1 is 1.53 bits per heavy atom. The Bertz CT molecular complexity index is 602. The van der Waals surface area contributed by atoms with Gasteiger partial charge in [-0.15, -0.1) is 0 Å². The summed E-state index contributed by atoms with van der Waals surface area (Å²) in [5, 5.41) is 0.576. The van der Waals surface area contributed by atoms with Gasteiger partial charge < -0.3 is 4.74 Å². The van der Waals surface area contributed by atoms with Crippen molar-refractivity contribution in [2.24, 2.45) is 0 Å². The Balaban J connectivity index is 2.30. The number of hydrogen-bond acceptors (Lipinski definition) is 3. The summed E-state index contributed by atoms with van der Waals surface area (Å²) < 4.78 is 6.58. The molecular weight excluding hydrogens is 240 g/mol. The third-order valence-electron chi connectivity index (χ3n) is 2.96. The minimum absolute atomic E-state index is 0.344. The Kier molecular flexibility index (Phi) is 2.33. The molecule has 0 unspecified atom stereocenters. The van der Waals surface area contributed by atoms with E-state index < -0.39 is 5.97 Å². The zero-order chi connectivity index (χ0) is 12.0. The first-order valence-electron chi connectivity index (χ1n) is 5.47. The van der Waals surface area contributed by atoms with Gasteiger partial charge in [0.15, 0.2) is 5.69 Å². The lowest BCUT2D eigenvalue weighted by Crippen LogP contribution is -2.02. The molecule has 1 saturated carbocycles. The van der Waals surface area contributed by atoms with Crippen LogP contribution < -0.4 is 0 Å². The minimum Gasteiger partial charge on any atom is -0.464 e. The SMILES string of the molecule is COC(=O)c1nc(C2CC2)n2c(Cl)cccc12. The molecule has 0 bridgehead atoms. The summed E-state index contributed by atoms with van der Waals surface area (Å²) in [6.07, 6.45) is 2.20. The third kappa shape index (κ3) is 1.60. The third-order valence-corrected chi connectivity index (χ3v) is 3.26. The largest absolute Gasteiger partial charge is 0.464 e. The number of ether oxygens (including phenoxy) is 1. The standard InChI is InChI=1S/C12H11ClN2O2/c1-17-12(16)10-8-3-2-4-9(13)15(8)11(14-10)7-5-6-7/h2-4,7H,5-6H2,1H3. The molecule has 2 aromatic heterocycles. The lowest BCUT2D eigenvalue weighted by atomic mass is 10.3. The van der Waals surface area contributed by atoms with Crippen LogP contribution in [-0.2, 0) is 4.74 Å². The average Bonchev–Trinajstić information content (AvgIpc) is 3.10. The van der Waals surface area contributed by atoms with Crippen molar-refractivity contribution in [2.45, 2.75) is 18.8 Å². The fourth-order valence-electron chi connectivity index (χ4n) is 1.98. The lowest BCUT2D eigenvalue weighted by Gasteiger charge is -2.01. The minimum atomic E-state index is -0.420. The van der Waals surface area contributed by atoms with Gasteiger partial charge in [0.05, 0.1) is 12.6 Å². The van der Waals surface area contributed by atoms with Crippen LogP contribution in [0.2, 0.25) is 5.15 Å². The Morgan fingerprint density at radius 2 is 2.29 bits per heavy atom. The monoisotopic (exact) mass is 250 g/mol. The highest BCUT2D eigenvalue weighted by Crippen LogP contribution is 2.40. The van der Waals surface area contributed by atoms with E-state index >= 15 is 0 Å². The van der Waals surface area contributed by atoms with Crippen molar-refractivity contribution in [2.75, 3.05) is 7.11 Å². The zero-order valence-electron chi connectivity index (χ0n) is 9.31. The molecule has 0 radical (unpaired) electrons. The van der Waals surface area contributed by atoms with Crippen molar-refractivity contribution >= 4 is 23.1 Å². The van der Waals surface area contributed by atoms with Crippen LogP contribution in [0, 0.1) is 0 Å². The fourth-order valence-corrected chi connectivity index (χ4v) is 2.23. The van der Waals surface area contributed by atoms with Crippen molar-refractivity contribution in [3.8, 4) is 0 Å². The van der Waals surface area contributed by atoms with Gasteiger partial charge >= 0.3 is 5.97 Å². The zero-order valence-corrected chi connectivity index (χ0v) is 10.1. The van der Waals surface area contributed by atoms with Crippen molar-refractivity contribution in [1.29, 1.82) is 0 Å². The summed E-state index contributed by atoms with van der Waals surface area (Å²) >= 11 is 6.17. The van der Waals surface area contributed by atoms with Gasteiger partial charge in [0.25, 0.3) is 0 Å². The van der Waals surface area contributed by atoms with Crippen molar-refractivity contribution in [3.05, 3.63) is 34.9 Å². The van der Waals surface area contributed by atoms with Crippen molar-refractivity contribution in [1.82, 2.24) is 9.38 Å². The smallest absolute Gasteiger partial charge is 0.358 e. The maximum atomic E-state index is 11.7. The molecule has 2 aromatic rings. The van der Waals surface area contributed by atoms with Crippen LogP contribution >= 0.6 is 11.6 Å². The van der Waals surface area contributed by atoms with E-state index in [0.29, 0.717) is 22.3 Å². The number of nitrogens with zero attached hydrogens (tertiary/aromatic N) is 2. The summed E-state index contributed by atoms with van der Waals surface area (Å²) in [4.78, 5) is 16.0. The first-order chi connectivity index (χ1) is 8.22. The van der Waals surface area contributed by atoms with Crippen molar-refractivity contribution in [3.63, 3.8) is 0 Å². The number of imidazole rings is 1. The summed E-state index contributed by atoms with van der Waals surface area (Å²) in [5.41, 5.74) is 1.06. The molecule has 1 aliphatic rings. The second kappa shape index (κ2) is 3.74. The number of halogens is 1. The number of rotatable bonds is 2. The van der Waals surface area contributed by atoms with Crippen LogP contribution in [0.25, 0.3) is 5.52 Å². The van der Waals surface area contributed by atoms with Gasteiger partial charge in [0.2, 0.25) is 0 Å². The number of esters is 1. The molecule has 2 heterocycles. The van der Waals surface area contributed by atoms with Crippen LogP contribution in [-0.4, -0.2) is 22.5 Å². The molecule has 0 spiro atoms. The summed E-state index contributed by atoms with van der Waals surface area (Å²) in [6, 6.07) is 5.43. The van der Waals surface area contributed by atoms with E-state index in [9.17, 15) is 4.79 Å².